The van der Waals surface area contributed by atoms with Crippen LogP contribution in [0.1, 0.15) is 23.5 Å². The molecule has 0 fully saturated rings. The number of ether oxygens (including phenoxy) is 1. The standard InChI is InChI=1S/C49H30N2O2S2/c1-2-9-30(10-3-1)49-50-40-23-24-41-46(48(40)53-49)37-14-8-13-34(47(37)52-41)29-17-19-31(20-18-29)51(32-21-25-44-38(27-32)35-11-4-6-15-42(35)54-44)33-22-26-45-39(28-33)36-12-5-7-16-43(36)55-45/h1-13,15-28,37H,14H2. The number of nitrogens with zero attached hydrogens (tertiary/aromatic N) is 2. The Balaban J connectivity index is 0.967. The Morgan fingerprint density at radius 2 is 1.18 bits per heavy atom. The van der Waals surface area contributed by atoms with Gasteiger partial charge in [0.25, 0.3) is 0 Å². The minimum atomic E-state index is 0.0609. The van der Waals surface area contributed by atoms with E-state index in [2.05, 4.69) is 126 Å². The van der Waals surface area contributed by atoms with Crippen molar-refractivity contribution in [3.8, 4) is 17.2 Å². The fourth-order valence-electron chi connectivity index (χ4n) is 8.49. The zero-order valence-corrected chi connectivity index (χ0v) is 31.0. The quantitative estimate of drug-likeness (QED) is 0.176. The fourth-order valence-corrected chi connectivity index (χ4v) is 10.7. The van der Waals surface area contributed by atoms with Gasteiger partial charge < -0.3 is 14.1 Å². The second kappa shape index (κ2) is 12.0. The first-order chi connectivity index (χ1) is 27.2. The van der Waals surface area contributed by atoms with E-state index in [1.54, 1.807) is 0 Å². The predicted molar refractivity (Wildman–Crippen MR) is 230 cm³/mol. The van der Waals surface area contributed by atoms with Crippen molar-refractivity contribution in [2.75, 3.05) is 4.90 Å². The van der Waals surface area contributed by atoms with E-state index >= 15 is 0 Å². The van der Waals surface area contributed by atoms with Crippen LogP contribution in [-0.4, -0.2) is 4.98 Å². The normalized spacial score (nSPS) is 15.0. The summed E-state index contributed by atoms with van der Waals surface area (Å²) in [5.41, 5.74) is 9.27. The lowest BCUT2D eigenvalue weighted by atomic mass is 9.86. The molecule has 0 N–H and O–H groups in total. The largest absolute Gasteiger partial charge is 0.460 e. The number of aromatic nitrogens is 1. The van der Waals surface area contributed by atoms with Crippen molar-refractivity contribution in [3.63, 3.8) is 0 Å². The van der Waals surface area contributed by atoms with Gasteiger partial charge in [0.1, 0.15) is 17.0 Å². The molecule has 0 bridgehead atoms. The zero-order chi connectivity index (χ0) is 36.0. The molecule has 4 heterocycles. The zero-order valence-electron chi connectivity index (χ0n) is 29.4. The summed E-state index contributed by atoms with van der Waals surface area (Å²) < 4.78 is 18.4. The maximum Gasteiger partial charge on any atom is 0.227 e. The predicted octanol–water partition coefficient (Wildman–Crippen LogP) is 14.5. The Kier molecular flexibility index (Phi) is 6.76. The maximum absolute atomic E-state index is 6.69. The third-order valence-corrected chi connectivity index (χ3v) is 13.4. The molecule has 0 amide bonds. The summed E-state index contributed by atoms with van der Waals surface area (Å²) in [6.07, 6.45) is 5.32. The highest BCUT2D eigenvalue weighted by molar-refractivity contribution is 7.26. The van der Waals surface area contributed by atoms with Gasteiger partial charge in [0, 0.05) is 68.5 Å². The fraction of sp³-hybridized carbons (Fsp3) is 0.0408. The van der Waals surface area contributed by atoms with Crippen molar-refractivity contribution in [2.45, 2.75) is 12.3 Å². The van der Waals surface area contributed by atoms with Crippen LogP contribution in [0.15, 0.2) is 174 Å². The molecule has 2 aliphatic rings. The average molecular weight is 743 g/mol. The Morgan fingerprint density at radius 1 is 0.564 bits per heavy atom. The third-order valence-electron chi connectivity index (χ3n) is 11.1. The van der Waals surface area contributed by atoms with Crippen LogP contribution in [0.5, 0.6) is 5.75 Å². The second-order valence-electron chi connectivity index (χ2n) is 14.2. The van der Waals surface area contributed by atoms with E-state index in [0.29, 0.717) is 5.89 Å². The van der Waals surface area contributed by atoms with E-state index in [-0.39, 0.29) is 5.92 Å². The van der Waals surface area contributed by atoms with Crippen molar-refractivity contribution >= 4 is 96.8 Å². The van der Waals surface area contributed by atoms with Crippen LogP contribution < -0.4 is 9.64 Å². The number of hydrogen-bond donors (Lipinski definition) is 0. The van der Waals surface area contributed by atoms with Gasteiger partial charge >= 0.3 is 0 Å². The molecule has 1 atom stereocenters. The summed E-state index contributed by atoms with van der Waals surface area (Å²) >= 11 is 3.70. The van der Waals surface area contributed by atoms with E-state index in [9.17, 15) is 0 Å². The van der Waals surface area contributed by atoms with E-state index < -0.39 is 0 Å². The third kappa shape index (κ3) is 4.85. The average Bonchev–Trinajstić information content (AvgIpc) is 4.02. The second-order valence-corrected chi connectivity index (χ2v) is 16.4. The Bertz CT molecular complexity index is 3110. The van der Waals surface area contributed by atoms with Gasteiger partial charge in [-0.3, -0.25) is 0 Å². The van der Waals surface area contributed by atoms with Gasteiger partial charge in [0.15, 0.2) is 5.58 Å². The maximum atomic E-state index is 6.69. The van der Waals surface area contributed by atoms with Crippen LogP contribution in [0.3, 0.4) is 0 Å². The molecule has 55 heavy (non-hydrogen) atoms. The summed E-state index contributed by atoms with van der Waals surface area (Å²) in [6, 6.07) is 54.3. The summed E-state index contributed by atoms with van der Waals surface area (Å²) in [7, 11) is 0. The van der Waals surface area contributed by atoms with Gasteiger partial charge in [0.05, 0.1) is 11.5 Å². The summed E-state index contributed by atoms with van der Waals surface area (Å²) in [4.78, 5) is 7.24. The van der Waals surface area contributed by atoms with Gasteiger partial charge in [-0.25, -0.2) is 4.98 Å². The molecule has 0 spiro atoms. The van der Waals surface area contributed by atoms with Gasteiger partial charge in [0.2, 0.25) is 5.89 Å². The molecule has 260 valence electrons. The summed E-state index contributed by atoms with van der Waals surface area (Å²) in [5.74, 6) is 2.51. The number of anilines is 3. The molecule has 7 aromatic carbocycles. The van der Waals surface area contributed by atoms with Gasteiger partial charge in [-0.1, -0.05) is 78.9 Å². The first kappa shape index (κ1) is 30.9. The molecule has 10 aromatic rings. The first-order valence-corrected chi connectivity index (χ1v) is 20.2. The number of oxazole rings is 1. The minimum Gasteiger partial charge on any atom is -0.460 e. The molecule has 0 radical (unpaired) electrons. The molecular formula is C49H30N2O2S2. The molecule has 12 rings (SSSR count). The van der Waals surface area contributed by atoms with Crippen LogP contribution in [0.2, 0.25) is 0 Å². The number of hydrogen-bond acceptors (Lipinski definition) is 6. The minimum absolute atomic E-state index is 0.0609. The Morgan fingerprint density at radius 3 is 1.87 bits per heavy atom. The van der Waals surface area contributed by atoms with Crippen molar-refractivity contribution in [1.82, 2.24) is 4.98 Å². The van der Waals surface area contributed by atoms with Gasteiger partial charge in [-0.15, -0.1) is 22.7 Å². The van der Waals surface area contributed by atoms with Gasteiger partial charge in [-0.2, -0.15) is 0 Å². The molecule has 1 aliphatic carbocycles. The van der Waals surface area contributed by atoms with Crippen LogP contribution in [0, 0.1) is 0 Å². The van der Waals surface area contributed by atoms with Crippen LogP contribution in [0.4, 0.5) is 17.1 Å². The molecule has 1 unspecified atom stereocenters. The highest BCUT2D eigenvalue weighted by Crippen LogP contribution is 2.51. The van der Waals surface area contributed by atoms with Crippen LogP contribution in [-0.2, 0) is 0 Å². The molecule has 3 aromatic heterocycles. The molecule has 0 saturated carbocycles. The smallest absolute Gasteiger partial charge is 0.227 e. The number of fused-ring (bicyclic) bond motifs is 11. The number of thiophene rings is 2. The van der Waals surface area contributed by atoms with Gasteiger partial charge in [-0.05, 0) is 96.9 Å². The van der Waals surface area contributed by atoms with E-state index in [1.807, 2.05) is 65.1 Å². The number of rotatable bonds is 5. The van der Waals surface area contributed by atoms with Crippen LogP contribution in [0.25, 0.3) is 68.5 Å². The summed E-state index contributed by atoms with van der Waals surface area (Å²) in [5, 5.41) is 5.15. The lowest BCUT2D eigenvalue weighted by Crippen LogP contribution is -2.10. The Labute approximate surface area is 324 Å². The van der Waals surface area contributed by atoms with Crippen molar-refractivity contribution < 1.29 is 9.15 Å². The Hall–Kier alpha value is -6.47. The highest BCUT2D eigenvalue weighted by atomic mass is 32.1. The van der Waals surface area contributed by atoms with Crippen molar-refractivity contribution in [1.29, 1.82) is 0 Å². The molecule has 4 nitrogen and oxygen atoms in total. The molecular weight excluding hydrogens is 713 g/mol. The lowest BCUT2D eigenvalue weighted by molar-refractivity contribution is 0.429. The molecule has 6 heteroatoms. The van der Waals surface area contributed by atoms with E-state index in [1.165, 1.54) is 40.3 Å². The van der Waals surface area contributed by atoms with E-state index in [4.69, 9.17) is 14.1 Å². The monoisotopic (exact) mass is 742 g/mol. The van der Waals surface area contributed by atoms with E-state index in [0.717, 1.165) is 68.4 Å². The first-order valence-electron chi connectivity index (χ1n) is 18.5. The SMILES string of the molecule is C1=CC(c2ccc(N(c3ccc4sc5ccccc5c4c3)c3ccc4sc5ccccc5c4c3)cc2)=C2Oc3ccc4nc(-c5ccccc5)oc4c3C2C1. The highest BCUT2D eigenvalue weighted by Gasteiger charge is 2.36. The summed E-state index contributed by atoms with van der Waals surface area (Å²) in [6.45, 7) is 0. The molecule has 1 aliphatic heterocycles. The van der Waals surface area contributed by atoms with Crippen molar-refractivity contribution in [3.05, 3.63) is 181 Å². The van der Waals surface area contributed by atoms with Crippen LogP contribution >= 0.6 is 22.7 Å². The number of allylic oxidation sites excluding steroid dienone is 4. The van der Waals surface area contributed by atoms with Crippen molar-refractivity contribution in [2.24, 2.45) is 0 Å². The number of benzene rings is 7. The molecule has 0 saturated heterocycles. The topological polar surface area (TPSA) is 38.5 Å². The lowest BCUT2D eigenvalue weighted by Gasteiger charge is -2.26.